The highest BCUT2D eigenvalue weighted by molar-refractivity contribution is 6.51. The Morgan fingerprint density at radius 1 is 1.00 bits per heavy atom. The van der Waals surface area contributed by atoms with Crippen LogP contribution in [0.3, 0.4) is 0 Å². The minimum absolute atomic E-state index is 0.0121. The summed E-state index contributed by atoms with van der Waals surface area (Å²) >= 11 is 0. The molecule has 178 valence electrons. The molecule has 0 aromatic heterocycles. The van der Waals surface area contributed by atoms with Gasteiger partial charge in [-0.25, -0.2) is 0 Å². The number of hydrogen-bond acceptors (Lipinski definition) is 5. The van der Waals surface area contributed by atoms with Gasteiger partial charge >= 0.3 is 0 Å². The Morgan fingerprint density at radius 3 is 2.46 bits per heavy atom. The number of benzene rings is 3. The van der Waals surface area contributed by atoms with E-state index in [-0.39, 0.29) is 17.2 Å². The molecular weight excluding hydrogens is 444 g/mol. The third kappa shape index (κ3) is 4.53. The van der Waals surface area contributed by atoms with Crippen molar-refractivity contribution in [3.63, 3.8) is 0 Å². The molecule has 0 bridgehead atoms. The van der Waals surface area contributed by atoms with Crippen molar-refractivity contribution < 1.29 is 24.2 Å². The van der Waals surface area contributed by atoms with Crippen molar-refractivity contribution in [1.82, 2.24) is 0 Å². The predicted molar refractivity (Wildman–Crippen MR) is 134 cm³/mol. The zero-order valence-corrected chi connectivity index (χ0v) is 20.0. The largest absolute Gasteiger partial charge is 0.507 e. The van der Waals surface area contributed by atoms with E-state index < -0.39 is 17.7 Å². The van der Waals surface area contributed by atoms with E-state index in [2.05, 4.69) is 5.32 Å². The van der Waals surface area contributed by atoms with E-state index in [4.69, 9.17) is 4.74 Å². The molecule has 1 heterocycles. The van der Waals surface area contributed by atoms with Crippen molar-refractivity contribution >= 4 is 34.7 Å². The molecule has 4 rings (SSSR count). The summed E-state index contributed by atoms with van der Waals surface area (Å²) in [6, 6.07) is 18.4. The molecule has 35 heavy (non-hydrogen) atoms. The van der Waals surface area contributed by atoms with E-state index in [1.165, 1.54) is 18.9 Å². The van der Waals surface area contributed by atoms with Crippen LogP contribution in [0.5, 0.6) is 5.75 Å². The number of Topliss-reactive ketones (excluding diaryl/α,β-unsaturated/α-hetero) is 1. The Balaban J connectivity index is 1.96. The maximum atomic E-state index is 13.4. The summed E-state index contributed by atoms with van der Waals surface area (Å²) in [7, 11) is 1.53. The van der Waals surface area contributed by atoms with Gasteiger partial charge in [-0.05, 0) is 61.4 Å². The fourth-order valence-electron chi connectivity index (χ4n) is 4.30. The summed E-state index contributed by atoms with van der Waals surface area (Å²) in [5.41, 5.74) is 3.65. The van der Waals surface area contributed by atoms with E-state index >= 15 is 0 Å². The van der Waals surface area contributed by atoms with Crippen molar-refractivity contribution in [1.29, 1.82) is 0 Å². The van der Waals surface area contributed by atoms with Gasteiger partial charge in [0.1, 0.15) is 11.5 Å². The van der Waals surface area contributed by atoms with E-state index in [0.29, 0.717) is 28.3 Å². The number of rotatable bonds is 5. The van der Waals surface area contributed by atoms with Crippen molar-refractivity contribution in [3.8, 4) is 5.75 Å². The number of nitrogens with zero attached hydrogens (tertiary/aromatic N) is 1. The average Bonchev–Trinajstić information content (AvgIpc) is 3.10. The van der Waals surface area contributed by atoms with Gasteiger partial charge in [0, 0.05) is 23.9 Å². The minimum Gasteiger partial charge on any atom is -0.507 e. The van der Waals surface area contributed by atoms with Crippen molar-refractivity contribution in [3.05, 3.63) is 94.6 Å². The molecule has 0 spiro atoms. The van der Waals surface area contributed by atoms with Gasteiger partial charge in [0.05, 0.1) is 18.7 Å². The van der Waals surface area contributed by atoms with Crippen LogP contribution in [0.15, 0.2) is 72.3 Å². The van der Waals surface area contributed by atoms with Gasteiger partial charge < -0.3 is 15.2 Å². The van der Waals surface area contributed by atoms with Crippen molar-refractivity contribution in [2.45, 2.75) is 26.8 Å². The second kappa shape index (κ2) is 9.46. The van der Waals surface area contributed by atoms with E-state index in [1.807, 2.05) is 26.0 Å². The molecule has 1 aliphatic heterocycles. The molecule has 0 saturated carbocycles. The number of hydrogen-bond donors (Lipinski definition) is 2. The first-order valence-corrected chi connectivity index (χ1v) is 11.1. The first kappa shape index (κ1) is 23.8. The van der Waals surface area contributed by atoms with E-state index in [0.717, 1.165) is 11.1 Å². The number of ketones is 1. The molecule has 1 fully saturated rings. The second-order valence-corrected chi connectivity index (χ2v) is 8.50. The number of aliphatic hydroxyl groups is 1. The number of amides is 2. The van der Waals surface area contributed by atoms with Crippen LogP contribution in [0.4, 0.5) is 11.4 Å². The third-order valence-corrected chi connectivity index (χ3v) is 5.95. The SMILES string of the molecule is COc1cccc(C2/C(=C(\O)c3cc(C)ccc3C)C(=O)C(=O)N2c2cccc(NC(C)=O)c2)c1. The summed E-state index contributed by atoms with van der Waals surface area (Å²) in [5, 5.41) is 14.1. The van der Waals surface area contributed by atoms with Crippen LogP contribution in [-0.4, -0.2) is 29.8 Å². The Hall–Kier alpha value is -4.39. The summed E-state index contributed by atoms with van der Waals surface area (Å²) < 4.78 is 5.37. The van der Waals surface area contributed by atoms with E-state index in [9.17, 15) is 19.5 Å². The number of aryl methyl sites for hydroxylation is 2. The molecular formula is C28H26N2O5. The lowest BCUT2D eigenvalue weighted by molar-refractivity contribution is -0.132. The first-order chi connectivity index (χ1) is 16.7. The van der Waals surface area contributed by atoms with Gasteiger partial charge in [-0.1, -0.05) is 35.9 Å². The highest BCUT2D eigenvalue weighted by Gasteiger charge is 2.47. The zero-order valence-electron chi connectivity index (χ0n) is 20.0. The summed E-state index contributed by atoms with van der Waals surface area (Å²) in [5.74, 6) is -1.51. The molecule has 1 atom stereocenters. The smallest absolute Gasteiger partial charge is 0.300 e. The lowest BCUT2D eigenvalue weighted by atomic mass is 9.93. The van der Waals surface area contributed by atoms with Crippen LogP contribution in [0.25, 0.3) is 5.76 Å². The van der Waals surface area contributed by atoms with Gasteiger partial charge in [0.25, 0.3) is 11.7 Å². The van der Waals surface area contributed by atoms with Crippen molar-refractivity contribution in [2.75, 3.05) is 17.3 Å². The maximum Gasteiger partial charge on any atom is 0.300 e. The number of anilines is 2. The van der Waals surface area contributed by atoms with Crippen molar-refractivity contribution in [2.24, 2.45) is 0 Å². The molecule has 1 aliphatic rings. The number of ether oxygens (including phenoxy) is 1. The monoisotopic (exact) mass is 470 g/mol. The number of carbonyl (C=O) groups excluding carboxylic acids is 3. The zero-order chi connectivity index (χ0) is 25.3. The highest BCUT2D eigenvalue weighted by atomic mass is 16.5. The van der Waals surface area contributed by atoms with Gasteiger partial charge in [-0.3, -0.25) is 19.3 Å². The Morgan fingerprint density at radius 2 is 1.74 bits per heavy atom. The lowest BCUT2D eigenvalue weighted by Gasteiger charge is -2.26. The number of nitrogens with one attached hydrogen (secondary N) is 1. The molecule has 7 nitrogen and oxygen atoms in total. The lowest BCUT2D eigenvalue weighted by Crippen LogP contribution is -2.29. The van der Waals surface area contributed by atoms with E-state index in [1.54, 1.807) is 54.6 Å². The normalized spacial score (nSPS) is 16.9. The summed E-state index contributed by atoms with van der Waals surface area (Å²) in [4.78, 5) is 39.7. The highest BCUT2D eigenvalue weighted by Crippen LogP contribution is 2.43. The van der Waals surface area contributed by atoms with Crippen LogP contribution in [0, 0.1) is 13.8 Å². The van der Waals surface area contributed by atoms with Crippen LogP contribution < -0.4 is 15.0 Å². The second-order valence-electron chi connectivity index (χ2n) is 8.50. The molecule has 2 N–H and O–H groups in total. The summed E-state index contributed by atoms with van der Waals surface area (Å²) in [6.07, 6.45) is 0. The maximum absolute atomic E-state index is 13.4. The first-order valence-electron chi connectivity index (χ1n) is 11.1. The predicted octanol–water partition coefficient (Wildman–Crippen LogP) is 4.90. The average molecular weight is 471 g/mol. The van der Waals surface area contributed by atoms with Crippen LogP contribution >= 0.6 is 0 Å². The standard InChI is InChI=1S/C28H26N2O5/c1-16-11-12-17(2)23(13-16)26(32)24-25(19-7-5-10-22(14-19)35-4)30(28(34)27(24)33)21-9-6-8-20(15-21)29-18(3)31/h5-15,25,32H,1-4H3,(H,29,31)/b26-24+. The molecule has 0 radical (unpaired) electrons. The summed E-state index contributed by atoms with van der Waals surface area (Å²) in [6.45, 7) is 5.11. The molecule has 1 unspecified atom stereocenters. The van der Waals surface area contributed by atoms with Gasteiger partial charge in [-0.15, -0.1) is 0 Å². The number of carbonyl (C=O) groups is 3. The van der Waals surface area contributed by atoms with Crippen LogP contribution in [0.1, 0.15) is 35.2 Å². The topological polar surface area (TPSA) is 95.9 Å². The molecule has 3 aromatic rings. The van der Waals surface area contributed by atoms with Gasteiger partial charge in [-0.2, -0.15) is 0 Å². The minimum atomic E-state index is -0.905. The molecule has 7 heteroatoms. The van der Waals surface area contributed by atoms with Crippen LogP contribution in [-0.2, 0) is 14.4 Å². The fraction of sp³-hybridized carbons (Fsp3) is 0.179. The molecule has 2 amide bonds. The quantitative estimate of drug-likeness (QED) is 0.314. The third-order valence-electron chi connectivity index (χ3n) is 5.95. The number of methoxy groups -OCH3 is 1. The van der Waals surface area contributed by atoms with Gasteiger partial charge in [0.2, 0.25) is 5.91 Å². The van der Waals surface area contributed by atoms with Gasteiger partial charge in [0.15, 0.2) is 0 Å². The van der Waals surface area contributed by atoms with Crippen LogP contribution in [0.2, 0.25) is 0 Å². The fourth-order valence-corrected chi connectivity index (χ4v) is 4.30. The molecule has 1 saturated heterocycles. The Kier molecular flexibility index (Phi) is 6.42. The Labute approximate surface area is 203 Å². The molecule has 0 aliphatic carbocycles. The molecule has 3 aromatic carbocycles. The Bertz CT molecular complexity index is 1380. The number of aliphatic hydroxyl groups excluding tert-OH is 1.